The predicted molar refractivity (Wildman–Crippen MR) is 137 cm³/mol. The lowest BCUT2D eigenvalue weighted by molar-refractivity contribution is 0.474. The highest BCUT2D eigenvalue weighted by atomic mass is 16.3. The fraction of sp³-hybridized carbons (Fsp3) is 0.0357. The summed E-state index contributed by atoms with van der Waals surface area (Å²) < 4.78 is 0. The van der Waals surface area contributed by atoms with Gasteiger partial charge in [-0.05, 0) is 47.5 Å². The average molecular weight is 463 g/mol. The summed E-state index contributed by atoms with van der Waals surface area (Å²) in [6.45, 7) is 0.267. The van der Waals surface area contributed by atoms with Crippen LogP contribution in [0.1, 0.15) is 5.56 Å². The highest BCUT2D eigenvalue weighted by molar-refractivity contribution is 5.86. The molecule has 0 saturated carbocycles. The summed E-state index contributed by atoms with van der Waals surface area (Å²) >= 11 is 0. The summed E-state index contributed by atoms with van der Waals surface area (Å²) in [6.07, 6.45) is 1.65. The summed E-state index contributed by atoms with van der Waals surface area (Å²) in [4.78, 5) is 29.0. The number of benzene rings is 3. The lowest BCUT2D eigenvalue weighted by atomic mass is 9.98. The zero-order valence-electron chi connectivity index (χ0n) is 18.5. The smallest absolute Gasteiger partial charge is 0.253 e. The topological polar surface area (TPSA) is 112 Å². The fourth-order valence-corrected chi connectivity index (χ4v) is 3.95. The highest BCUT2D eigenvalue weighted by Crippen LogP contribution is 2.37. The minimum atomic E-state index is -0.624. The molecule has 0 aliphatic carbocycles. The maximum atomic E-state index is 12.3. The fourth-order valence-electron chi connectivity index (χ4n) is 3.95. The molecule has 0 fully saturated rings. The first-order valence-electron chi connectivity index (χ1n) is 11.0. The lowest BCUT2D eigenvalue weighted by Crippen LogP contribution is -2.36. The average Bonchev–Trinajstić information content (AvgIpc) is 2.89. The summed E-state index contributed by atoms with van der Waals surface area (Å²) in [5.41, 5.74) is 3.26. The Morgan fingerprint density at radius 3 is 2.34 bits per heavy atom. The Kier molecular flexibility index (Phi) is 5.73. The molecule has 172 valence electrons. The third-order valence-electron chi connectivity index (χ3n) is 5.70. The number of phenols is 2. The molecular weight excluding hydrogens is 442 g/mol. The Morgan fingerprint density at radius 2 is 1.54 bits per heavy atom. The third kappa shape index (κ3) is 4.35. The number of aromatic hydroxyl groups is 2. The molecule has 0 atom stereocenters. The predicted octanol–water partition coefficient (Wildman–Crippen LogP) is 4.78. The highest BCUT2D eigenvalue weighted by Gasteiger charge is 2.22. The van der Waals surface area contributed by atoms with E-state index in [9.17, 15) is 19.8 Å². The molecule has 0 bridgehead atoms. The van der Waals surface area contributed by atoms with Crippen LogP contribution in [0.15, 0.2) is 101 Å². The lowest BCUT2D eigenvalue weighted by Gasteiger charge is -2.16. The van der Waals surface area contributed by atoms with Gasteiger partial charge in [0, 0.05) is 29.6 Å². The molecule has 0 saturated heterocycles. The number of rotatable bonds is 7. The molecule has 5 aromatic rings. The SMILES string of the molecule is O=c1c(NCc2cccc(O)c2)c(Nc2ccc(O)c(-c3ncccc3-c3ccccc3)c2)c1=O. The van der Waals surface area contributed by atoms with Crippen molar-refractivity contribution in [3.63, 3.8) is 0 Å². The van der Waals surface area contributed by atoms with Crippen molar-refractivity contribution in [3.05, 3.63) is 117 Å². The van der Waals surface area contributed by atoms with Crippen molar-refractivity contribution in [2.45, 2.75) is 6.54 Å². The summed E-state index contributed by atoms with van der Waals surface area (Å²) in [7, 11) is 0. The first-order valence-corrected chi connectivity index (χ1v) is 11.0. The first-order chi connectivity index (χ1) is 17.0. The van der Waals surface area contributed by atoms with Crippen LogP contribution in [0.5, 0.6) is 11.5 Å². The van der Waals surface area contributed by atoms with Gasteiger partial charge < -0.3 is 20.8 Å². The van der Waals surface area contributed by atoms with Crippen LogP contribution in [-0.4, -0.2) is 15.2 Å². The van der Waals surface area contributed by atoms with E-state index in [4.69, 9.17) is 0 Å². The Hall–Kier alpha value is -4.91. The molecule has 0 aliphatic heterocycles. The van der Waals surface area contributed by atoms with Gasteiger partial charge in [-0.15, -0.1) is 0 Å². The minimum Gasteiger partial charge on any atom is -0.508 e. The minimum absolute atomic E-state index is 0.0404. The van der Waals surface area contributed by atoms with E-state index in [1.54, 1.807) is 42.6 Å². The quantitative estimate of drug-likeness (QED) is 0.203. The van der Waals surface area contributed by atoms with Crippen LogP contribution in [0.4, 0.5) is 17.1 Å². The molecule has 1 aromatic heterocycles. The van der Waals surface area contributed by atoms with E-state index in [0.717, 1.165) is 16.7 Å². The van der Waals surface area contributed by atoms with Crippen molar-refractivity contribution in [2.24, 2.45) is 0 Å². The van der Waals surface area contributed by atoms with Gasteiger partial charge in [-0.1, -0.05) is 48.5 Å². The van der Waals surface area contributed by atoms with Crippen LogP contribution in [0, 0.1) is 0 Å². The summed E-state index contributed by atoms with van der Waals surface area (Å²) in [5, 5.41) is 26.2. The van der Waals surface area contributed by atoms with Crippen LogP contribution in [-0.2, 0) is 6.54 Å². The second kappa shape index (κ2) is 9.15. The third-order valence-corrected chi connectivity index (χ3v) is 5.70. The Balaban J connectivity index is 1.44. The van der Waals surface area contributed by atoms with Crippen LogP contribution in [0.3, 0.4) is 0 Å². The second-order valence-corrected chi connectivity index (χ2v) is 8.05. The Labute approximate surface area is 200 Å². The Bertz CT molecular complexity index is 1590. The maximum absolute atomic E-state index is 12.3. The molecule has 7 heteroatoms. The van der Waals surface area contributed by atoms with Gasteiger partial charge >= 0.3 is 0 Å². The second-order valence-electron chi connectivity index (χ2n) is 8.05. The number of aromatic nitrogens is 1. The number of nitrogens with zero attached hydrogens (tertiary/aromatic N) is 1. The molecule has 35 heavy (non-hydrogen) atoms. The molecule has 0 aliphatic rings. The van der Waals surface area contributed by atoms with Crippen molar-refractivity contribution in [2.75, 3.05) is 10.6 Å². The van der Waals surface area contributed by atoms with E-state index in [0.29, 0.717) is 16.9 Å². The maximum Gasteiger partial charge on any atom is 0.253 e. The van der Waals surface area contributed by atoms with Crippen molar-refractivity contribution in [1.29, 1.82) is 0 Å². The number of pyridine rings is 1. The number of anilines is 3. The van der Waals surface area contributed by atoms with Gasteiger partial charge in [0.1, 0.15) is 22.9 Å². The molecule has 0 spiro atoms. The van der Waals surface area contributed by atoms with Crippen molar-refractivity contribution in [1.82, 2.24) is 4.98 Å². The van der Waals surface area contributed by atoms with E-state index in [1.165, 1.54) is 6.07 Å². The van der Waals surface area contributed by atoms with Gasteiger partial charge in [0.2, 0.25) is 0 Å². The first kappa shape index (κ1) is 21.9. The van der Waals surface area contributed by atoms with Gasteiger partial charge in [-0.25, -0.2) is 0 Å². The molecule has 4 N–H and O–H groups in total. The monoisotopic (exact) mass is 463 g/mol. The molecule has 1 heterocycles. The molecule has 0 unspecified atom stereocenters. The van der Waals surface area contributed by atoms with E-state index < -0.39 is 10.9 Å². The van der Waals surface area contributed by atoms with Gasteiger partial charge in [0.15, 0.2) is 0 Å². The normalized spacial score (nSPS) is 10.9. The van der Waals surface area contributed by atoms with E-state index in [1.807, 2.05) is 42.5 Å². The van der Waals surface area contributed by atoms with E-state index >= 15 is 0 Å². The zero-order valence-corrected chi connectivity index (χ0v) is 18.5. The van der Waals surface area contributed by atoms with Crippen LogP contribution >= 0.6 is 0 Å². The van der Waals surface area contributed by atoms with E-state index in [2.05, 4.69) is 15.6 Å². The molecular formula is C28H21N3O4. The summed E-state index contributed by atoms with van der Waals surface area (Å²) in [5.74, 6) is 0.160. The van der Waals surface area contributed by atoms with Gasteiger partial charge in [0.25, 0.3) is 10.9 Å². The molecule has 4 aromatic carbocycles. The molecule has 7 nitrogen and oxygen atoms in total. The number of hydrogen-bond acceptors (Lipinski definition) is 7. The van der Waals surface area contributed by atoms with Crippen molar-refractivity contribution >= 4 is 17.1 Å². The van der Waals surface area contributed by atoms with Gasteiger partial charge in [0.05, 0.1) is 5.69 Å². The molecule has 0 amide bonds. The Morgan fingerprint density at radius 1 is 0.743 bits per heavy atom. The summed E-state index contributed by atoms with van der Waals surface area (Å²) in [6, 6.07) is 25.0. The van der Waals surface area contributed by atoms with Crippen LogP contribution in [0.2, 0.25) is 0 Å². The number of hydrogen-bond donors (Lipinski definition) is 4. The van der Waals surface area contributed by atoms with Gasteiger partial charge in [-0.3, -0.25) is 14.6 Å². The largest absolute Gasteiger partial charge is 0.508 e. The standard InChI is InChI=1S/C28H21N3O4/c32-20-9-4-6-17(14-20)16-30-25-26(28(35)27(25)34)31-19-11-12-23(33)22(15-19)24-21(10-5-13-29-24)18-7-2-1-3-8-18/h1-15,30-33H,16H2. The molecule has 5 rings (SSSR count). The number of nitrogens with one attached hydrogen (secondary N) is 2. The van der Waals surface area contributed by atoms with Gasteiger partial charge in [-0.2, -0.15) is 0 Å². The van der Waals surface area contributed by atoms with E-state index in [-0.39, 0.29) is 29.4 Å². The molecule has 0 radical (unpaired) electrons. The van der Waals surface area contributed by atoms with Crippen molar-refractivity contribution < 1.29 is 10.2 Å². The zero-order chi connectivity index (χ0) is 24.4. The van der Waals surface area contributed by atoms with Crippen LogP contribution in [0.25, 0.3) is 22.4 Å². The number of phenolic OH excluding ortho intramolecular Hbond substituents is 2. The van der Waals surface area contributed by atoms with Crippen molar-refractivity contribution in [3.8, 4) is 33.9 Å². The van der Waals surface area contributed by atoms with Crippen LogP contribution < -0.4 is 21.5 Å².